The van der Waals surface area contributed by atoms with Gasteiger partial charge in [0.05, 0.1) is 32.5 Å². The zero-order valence-corrected chi connectivity index (χ0v) is 50.4. The van der Waals surface area contributed by atoms with Crippen molar-refractivity contribution in [2.45, 2.75) is 111 Å². The standard InChI is InChI=1S/C50H49B30/c1-18-19(2)26(9)39-34(23(18)6)17-35-40(27(10)22(5)28(11)41(35)44(39)38-30(13)29(12)36-24(7)20(3)21(4)25(8)37(36)33(38)16)42-31(14)32(15)43-45(46(42)70(54)67-51)47(71(55)75(56)57)49(72(68-52)76(58)59)50(73(77(60)61)78(62)63)48(43)74(79(64)65)80(66)69-53/h17H,1-16H3. The number of benzene rings is 7. The van der Waals surface area contributed by atoms with Crippen molar-refractivity contribution in [1.82, 2.24) is 0 Å². The summed E-state index contributed by atoms with van der Waals surface area (Å²) >= 11 is 0. The minimum atomic E-state index is -1.20. The SMILES string of the molecule is [B][B]B([B])B(B([B])[B])c1c(B(B([B])[B])B([B])[B])c(B([B][B])B([B])[B])c(B([B])B([B])[B])c2c(B([B])[B][B])c(-c3c(C)c(C)c(C)c4c(-c5c(C)c(C)c6c(C)c(C)c(C)c(C)c6c5C)c5c(C)c(C)c(C)c(C)c5cc34)c(C)c(C)c12. The third kappa shape index (κ3) is 10.1. The van der Waals surface area contributed by atoms with Gasteiger partial charge in [0.2, 0.25) is 0 Å². The lowest BCUT2D eigenvalue weighted by atomic mass is 8.66. The van der Waals surface area contributed by atoms with Crippen LogP contribution in [-0.4, -0.2) is 216 Å². The molecule has 0 heterocycles. The highest BCUT2D eigenvalue weighted by Gasteiger charge is 2.42. The van der Waals surface area contributed by atoms with Gasteiger partial charge in [-0.1, -0.05) is 16.4 Å². The highest BCUT2D eigenvalue weighted by Crippen LogP contribution is 2.51. The van der Waals surface area contributed by atoms with Crippen LogP contribution >= 0.6 is 0 Å². The molecule has 0 unspecified atom stereocenters. The summed E-state index contributed by atoms with van der Waals surface area (Å²) in [5, 5.41) is 8.25. The highest BCUT2D eigenvalue weighted by atomic mass is 14.3. The molecule has 0 bridgehead atoms. The van der Waals surface area contributed by atoms with Crippen molar-refractivity contribution in [3.63, 3.8) is 0 Å². The van der Waals surface area contributed by atoms with Crippen molar-refractivity contribution in [2.24, 2.45) is 0 Å². The normalized spacial score (nSPS) is 11.3. The van der Waals surface area contributed by atoms with E-state index in [0.29, 0.717) is 38.1 Å². The van der Waals surface area contributed by atoms with Crippen LogP contribution in [-0.2, 0) is 0 Å². The molecule has 7 aromatic rings. The molecule has 0 aliphatic heterocycles. The summed E-state index contributed by atoms with van der Waals surface area (Å²) in [5.74, 6) is 0. The molecule has 7 rings (SSSR count). The Labute approximate surface area is 510 Å². The van der Waals surface area contributed by atoms with Crippen molar-refractivity contribution >= 4 is 286 Å². The van der Waals surface area contributed by atoms with E-state index < -0.39 is 70.8 Å². The smallest absolute Gasteiger partial charge is 0.0821 e. The van der Waals surface area contributed by atoms with Crippen molar-refractivity contribution in [3.8, 4) is 22.3 Å². The van der Waals surface area contributed by atoms with Gasteiger partial charge in [0.25, 0.3) is 0 Å². The lowest BCUT2D eigenvalue weighted by Gasteiger charge is -2.42. The fourth-order valence-electron chi connectivity index (χ4n) is 14.1. The summed E-state index contributed by atoms with van der Waals surface area (Å²) in [6.07, 6.45) is -6.90. The van der Waals surface area contributed by atoms with Gasteiger partial charge in [0, 0.05) is 183 Å². The lowest BCUT2D eigenvalue weighted by molar-refractivity contribution is 1.23. The Balaban J connectivity index is 1.98. The minimum absolute atomic E-state index is 0.375. The van der Waals surface area contributed by atoms with E-state index in [4.69, 9.17) is 124 Å². The highest BCUT2D eigenvalue weighted by molar-refractivity contribution is 7.89. The zero-order valence-electron chi connectivity index (χ0n) is 50.4. The minimum Gasteiger partial charge on any atom is -0.113 e. The molecule has 339 valence electrons. The third-order valence-corrected chi connectivity index (χ3v) is 19.5. The quantitative estimate of drug-likeness (QED) is 0.0865. The van der Waals surface area contributed by atoms with E-state index >= 15 is 0 Å². The maximum Gasteiger partial charge on any atom is 0.0821 e. The van der Waals surface area contributed by atoms with E-state index in [1.54, 1.807) is 0 Å². The molecule has 0 aliphatic carbocycles. The Morgan fingerprint density at radius 1 is 0.275 bits per heavy atom. The van der Waals surface area contributed by atoms with Crippen LogP contribution in [0.1, 0.15) is 89.0 Å². The van der Waals surface area contributed by atoms with Gasteiger partial charge in [-0.2, -0.15) is 0 Å². The molecular weight excluding hydrogens is 925 g/mol. The Kier molecular flexibility index (Phi) is 19.9. The second-order valence-corrected chi connectivity index (χ2v) is 23.5. The second kappa shape index (κ2) is 24.5. The van der Waals surface area contributed by atoms with E-state index in [2.05, 4.69) is 110 Å². The van der Waals surface area contributed by atoms with Crippen molar-refractivity contribution in [1.29, 1.82) is 0 Å². The first-order valence-corrected chi connectivity index (χ1v) is 27.9. The first kappa shape index (κ1) is 65.1. The molecule has 0 atom stereocenters. The van der Waals surface area contributed by atoms with Crippen LogP contribution in [0.5, 0.6) is 0 Å². The average molecular weight is 974 g/mol. The van der Waals surface area contributed by atoms with E-state index in [9.17, 15) is 0 Å². The molecule has 0 amide bonds. The largest absolute Gasteiger partial charge is 0.113 e. The van der Waals surface area contributed by atoms with Crippen LogP contribution < -0.4 is 27.3 Å². The summed E-state index contributed by atoms with van der Waals surface area (Å²) in [6, 6.07) is 2.39. The molecule has 30 heteroatoms. The zero-order chi connectivity index (χ0) is 60.2. The molecule has 7 aromatic carbocycles. The predicted molar refractivity (Wildman–Crippen MR) is 394 cm³/mol. The van der Waals surface area contributed by atoms with Crippen molar-refractivity contribution in [3.05, 3.63) is 95.1 Å². The molecule has 0 saturated carbocycles. The van der Waals surface area contributed by atoms with Gasteiger partial charge >= 0.3 is 0 Å². The van der Waals surface area contributed by atoms with Gasteiger partial charge in [0.15, 0.2) is 0 Å². The summed E-state index contributed by atoms with van der Waals surface area (Å²) in [4.78, 5) is 0. The second-order valence-electron chi connectivity index (χ2n) is 23.5. The Bertz CT molecular complexity index is 3660. The van der Waals surface area contributed by atoms with Crippen LogP contribution in [0, 0.1) is 111 Å². The summed E-state index contributed by atoms with van der Waals surface area (Å²) in [5.41, 5.74) is 25.2. The maximum atomic E-state index is 7.61. The van der Waals surface area contributed by atoms with Crippen LogP contribution in [0.2, 0.25) is 0 Å². The van der Waals surface area contributed by atoms with Gasteiger partial charge < -0.3 is 0 Å². The van der Waals surface area contributed by atoms with Gasteiger partial charge in [0.1, 0.15) is 0 Å². The molecule has 0 nitrogen and oxygen atoms in total. The van der Waals surface area contributed by atoms with Crippen LogP contribution in [0.25, 0.3) is 65.3 Å². The summed E-state index contributed by atoms with van der Waals surface area (Å²) in [7, 11) is 114. The predicted octanol–water partition coefficient (Wildman–Crippen LogP) is -0.983. The fraction of sp³-hybridized carbons (Fsp3) is 0.320. The number of rotatable bonds is 16. The summed E-state index contributed by atoms with van der Waals surface area (Å²) < 4.78 is 0. The van der Waals surface area contributed by atoms with Gasteiger partial charge in [-0.15, -0.1) is 10.9 Å². The molecule has 0 N–H and O–H groups in total. The van der Waals surface area contributed by atoms with Gasteiger partial charge in [-0.3, -0.25) is 0 Å². The van der Waals surface area contributed by atoms with E-state index in [1.807, 2.05) is 6.92 Å². The van der Waals surface area contributed by atoms with E-state index in [1.165, 1.54) is 110 Å². The fourth-order valence-corrected chi connectivity index (χ4v) is 14.1. The first-order chi connectivity index (χ1) is 37.2. The lowest BCUT2D eigenvalue weighted by Crippen LogP contribution is -2.80. The number of hydrogen-bond acceptors (Lipinski definition) is 0. The van der Waals surface area contributed by atoms with Gasteiger partial charge in [-0.05, 0) is 271 Å². The molecule has 0 aliphatic rings. The number of aryl methyl sites for hydroxylation is 8. The monoisotopic (exact) mass is 980 g/mol. The molecule has 0 aromatic heterocycles. The first-order valence-electron chi connectivity index (χ1n) is 27.9. The van der Waals surface area contributed by atoms with E-state index in [-0.39, 0.29) is 0 Å². The Morgan fingerprint density at radius 2 is 0.688 bits per heavy atom. The van der Waals surface area contributed by atoms with E-state index in [0.717, 1.165) is 55.1 Å². The number of hydrogen-bond donors (Lipinski definition) is 0. The van der Waals surface area contributed by atoms with Crippen LogP contribution in [0.4, 0.5) is 0 Å². The Hall–Kier alpha value is -2.47. The molecular formula is C50H49B30. The maximum absolute atomic E-state index is 7.61. The average Bonchev–Trinajstić information content (AvgIpc) is 2.50. The molecule has 0 saturated heterocycles. The number of fused-ring (bicyclic) bond motifs is 4. The van der Waals surface area contributed by atoms with Crippen molar-refractivity contribution < 1.29 is 0 Å². The summed E-state index contributed by atoms with van der Waals surface area (Å²) in [6.45, 7) is 30.4. The van der Waals surface area contributed by atoms with Crippen molar-refractivity contribution in [2.75, 3.05) is 0 Å². The third-order valence-electron chi connectivity index (χ3n) is 19.5. The molecule has 0 fully saturated rings. The van der Waals surface area contributed by atoms with Gasteiger partial charge in [-0.25, -0.2) is 0 Å². The molecule has 80 heavy (non-hydrogen) atoms. The van der Waals surface area contributed by atoms with Crippen LogP contribution in [0.15, 0.2) is 6.07 Å². The molecule has 35 radical (unpaired) electrons. The molecule has 0 spiro atoms. The van der Waals surface area contributed by atoms with Crippen LogP contribution in [0.3, 0.4) is 0 Å². The topological polar surface area (TPSA) is 0 Å². The Morgan fingerprint density at radius 3 is 1.14 bits per heavy atom.